The average molecular weight is 239 g/mol. The highest BCUT2D eigenvalue weighted by Crippen LogP contribution is 2.08. The summed E-state index contributed by atoms with van der Waals surface area (Å²) in [4.78, 5) is 10.5. The Morgan fingerprint density at radius 2 is 1.88 bits per heavy atom. The minimum Gasteiger partial charge on any atom is -0.478 e. The van der Waals surface area contributed by atoms with Crippen LogP contribution in [0.2, 0.25) is 0 Å². The summed E-state index contributed by atoms with van der Waals surface area (Å²) in [6.07, 6.45) is 0. The summed E-state index contributed by atoms with van der Waals surface area (Å²) in [6.45, 7) is 0. The SMILES string of the molecule is N#CCS(=O)(=O)Cc1ccc(C(=O)O)cc1. The Balaban J connectivity index is 2.85. The zero-order valence-corrected chi connectivity index (χ0v) is 9.07. The van der Waals surface area contributed by atoms with Gasteiger partial charge in [0.2, 0.25) is 0 Å². The summed E-state index contributed by atoms with van der Waals surface area (Å²) in [7, 11) is -3.43. The quantitative estimate of drug-likeness (QED) is 0.839. The number of benzene rings is 1. The molecule has 0 atom stereocenters. The number of carbonyl (C=O) groups is 1. The van der Waals surface area contributed by atoms with E-state index in [9.17, 15) is 13.2 Å². The van der Waals surface area contributed by atoms with Crippen LogP contribution in [-0.4, -0.2) is 25.2 Å². The first-order valence-electron chi connectivity index (χ1n) is 4.34. The van der Waals surface area contributed by atoms with Gasteiger partial charge in [0, 0.05) is 0 Å². The smallest absolute Gasteiger partial charge is 0.335 e. The molecule has 1 aromatic carbocycles. The molecule has 0 fully saturated rings. The van der Waals surface area contributed by atoms with Gasteiger partial charge in [-0.15, -0.1) is 0 Å². The van der Waals surface area contributed by atoms with Crippen molar-refractivity contribution in [1.29, 1.82) is 5.26 Å². The van der Waals surface area contributed by atoms with Crippen LogP contribution in [-0.2, 0) is 15.6 Å². The Kier molecular flexibility index (Phi) is 3.64. The van der Waals surface area contributed by atoms with Crippen LogP contribution in [0.4, 0.5) is 0 Å². The Morgan fingerprint density at radius 1 is 1.31 bits per heavy atom. The molecule has 1 aromatic rings. The van der Waals surface area contributed by atoms with E-state index < -0.39 is 21.6 Å². The van der Waals surface area contributed by atoms with Gasteiger partial charge < -0.3 is 5.11 Å². The predicted octanol–water partition coefficient (Wildman–Crippen LogP) is 0.823. The van der Waals surface area contributed by atoms with Crippen LogP contribution in [0.3, 0.4) is 0 Å². The summed E-state index contributed by atoms with van der Waals surface area (Å²) in [5.41, 5.74) is 0.571. The van der Waals surface area contributed by atoms with E-state index in [1.807, 2.05) is 0 Å². The summed E-state index contributed by atoms with van der Waals surface area (Å²) in [5, 5.41) is 16.9. The molecule has 0 saturated heterocycles. The van der Waals surface area contributed by atoms with E-state index in [4.69, 9.17) is 10.4 Å². The molecule has 0 amide bonds. The molecule has 16 heavy (non-hydrogen) atoms. The molecule has 1 N–H and O–H groups in total. The fourth-order valence-corrected chi connectivity index (χ4v) is 2.15. The summed E-state index contributed by atoms with van der Waals surface area (Å²) in [6, 6.07) is 7.10. The molecule has 6 heteroatoms. The van der Waals surface area contributed by atoms with E-state index in [0.29, 0.717) is 5.56 Å². The van der Waals surface area contributed by atoms with Crippen molar-refractivity contribution >= 4 is 15.8 Å². The molecule has 0 aliphatic rings. The number of aromatic carboxylic acids is 1. The van der Waals surface area contributed by atoms with Gasteiger partial charge in [-0.1, -0.05) is 12.1 Å². The van der Waals surface area contributed by atoms with Gasteiger partial charge in [-0.2, -0.15) is 5.26 Å². The largest absolute Gasteiger partial charge is 0.478 e. The van der Waals surface area contributed by atoms with Crippen molar-refractivity contribution in [2.45, 2.75) is 5.75 Å². The van der Waals surface area contributed by atoms with Crippen molar-refractivity contribution in [3.05, 3.63) is 35.4 Å². The minimum absolute atomic E-state index is 0.0985. The zero-order valence-electron chi connectivity index (χ0n) is 8.25. The minimum atomic E-state index is -3.43. The highest BCUT2D eigenvalue weighted by atomic mass is 32.2. The highest BCUT2D eigenvalue weighted by molar-refractivity contribution is 7.90. The second-order valence-corrected chi connectivity index (χ2v) is 5.26. The number of nitrogens with zero attached hydrogens (tertiary/aromatic N) is 1. The van der Waals surface area contributed by atoms with Crippen molar-refractivity contribution in [2.75, 3.05) is 5.75 Å². The van der Waals surface area contributed by atoms with Crippen LogP contribution in [0.5, 0.6) is 0 Å². The number of hydrogen-bond acceptors (Lipinski definition) is 4. The first kappa shape index (κ1) is 12.2. The van der Waals surface area contributed by atoms with E-state index in [0.717, 1.165) is 0 Å². The van der Waals surface area contributed by atoms with E-state index in [1.165, 1.54) is 24.3 Å². The van der Waals surface area contributed by atoms with Crippen molar-refractivity contribution in [1.82, 2.24) is 0 Å². The third-order valence-electron chi connectivity index (χ3n) is 1.87. The van der Waals surface area contributed by atoms with Crippen molar-refractivity contribution in [3.8, 4) is 6.07 Å². The number of sulfone groups is 1. The lowest BCUT2D eigenvalue weighted by molar-refractivity contribution is 0.0697. The van der Waals surface area contributed by atoms with Gasteiger partial charge in [-0.3, -0.25) is 0 Å². The van der Waals surface area contributed by atoms with Gasteiger partial charge in [0.1, 0.15) is 5.75 Å². The molecule has 0 aliphatic carbocycles. The third-order valence-corrected chi connectivity index (χ3v) is 3.21. The topological polar surface area (TPSA) is 95.2 Å². The number of carboxylic acid groups (broad SMARTS) is 1. The molecule has 0 heterocycles. The van der Waals surface area contributed by atoms with Crippen molar-refractivity contribution in [2.24, 2.45) is 0 Å². The lowest BCUT2D eigenvalue weighted by Gasteiger charge is -2.01. The highest BCUT2D eigenvalue weighted by Gasteiger charge is 2.11. The van der Waals surface area contributed by atoms with Gasteiger partial charge >= 0.3 is 5.97 Å². The van der Waals surface area contributed by atoms with E-state index in [1.54, 1.807) is 6.07 Å². The first-order valence-corrected chi connectivity index (χ1v) is 6.16. The van der Waals surface area contributed by atoms with Crippen LogP contribution in [0.1, 0.15) is 15.9 Å². The fraction of sp³-hybridized carbons (Fsp3) is 0.200. The molecule has 0 unspecified atom stereocenters. The molecule has 0 saturated carbocycles. The third kappa shape index (κ3) is 3.37. The normalized spacial score (nSPS) is 10.7. The summed E-state index contributed by atoms with van der Waals surface area (Å²) < 4.78 is 22.6. The molecule has 5 nitrogen and oxygen atoms in total. The maximum Gasteiger partial charge on any atom is 0.335 e. The Hall–Kier alpha value is -1.87. The number of carboxylic acids is 1. The van der Waals surface area contributed by atoms with Crippen LogP contribution < -0.4 is 0 Å². The molecule has 0 radical (unpaired) electrons. The average Bonchev–Trinajstić information content (AvgIpc) is 2.17. The van der Waals surface area contributed by atoms with Gasteiger partial charge in [0.15, 0.2) is 9.84 Å². The van der Waals surface area contributed by atoms with E-state index in [2.05, 4.69) is 0 Å². The molecular weight excluding hydrogens is 230 g/mol. The van der Waals surface area contributed by atoms with Gasteiger partial charge in [-0.05, 0) is 17.7 Å². The fourth-order valence-electron chi connectivity index (χ4n) is 1.15. The van der Waals surface area contributed by atoms with Crippen LogP contribution in [0.15, 0.2) is 24.3 Å². The lowest BCUT2D eigenvalue weighted by atomic mass is 10.1. The Bertz CT molecular complexity index is 525. The maximum atomic E-state index is 11.3. The van der Waals surface area contributed by atoms with Crippen LogP contribution in [0.25, 0.3) is 0 Å². The van der Waals surface area contributed by atoms with Gasteiger partial charge in [-0.25, -0.2) is 13.2 Å². The molecule has 84 valence electrons. The number of nitriles is 1. The van der Waals surface area contributed by atoms with Crippen LogP contribution in [0, 0.1) is 11.3 Å². The van der Waals surface area contributed by atoms with E-state index >= 15 is 0 Å². The maximum absolute atomic E-state index is 11.3. The second kappa shape index (κ2) is 4.77. The molecule has 0 bridgehead atoms. The molecule has 0 spiro atoms. The summed E-state index contributed by atoms with van der Waals surface area (Å²) >= 11 is 0. The molecular formula is C10H9NO4S. The van der Waals surface area contributed by atoms with E-state index in [-0.39, 0.29) is 11.3 Å². The predicted molar refractivity (Wildman–Crippen MR) is 56.5 cm³/mol. The molecule has 0 aliphatic heterocycles. The number of hydrogen-bond donors (Lipinski definition) is 1. The molecule has 1 rings (SSSR count). The monoisotopic (exact) mass is 239 g/mol. The number of rotatable bonds is 4. The summed E-state index contributed by atoms with van der Waals surface area (Å²) in [5.74, 6) is -1.85. The molecule has 0 aromatic heterocycles. The van der Waals surface area contributed by atoms with Crippen molar-refractivity contribution in [3.63, 3.8) is 0 Å². The van der Waals surface area contributed by atoms with Crippen LogP contribution >= 0.6 is 0 Å². The Morgan fingerprint density at radius 3 is 2.31 bits per heavy atom. The Labute approximate surface area is 92.9 Å². The van der Waals surface area contributed by atoms with Gasteiger partial charge in [0.05, 0.1) is 17.4 Å². The standard InChI is InChI=1S/C10H9NO4S/c11-5-6-16(14,15)7-8-1-3-9(4-2-8)10(12)13/h1-4H,6-7H2,(H,12,13). The zero-order chi connectivity index (χ0) is 12.2. The van der Waals surface area contributed by atoms with Crippen molar-refractivity contribution < 1.29 is 18.3 Å². The first-order chi connectivity index (χ1) is 7.44. The lowest BCUT2D eigenvalue weighted by Crippen LogP contribution is -2.08. The second-order valence-electron chi connectivity index (χ2n) is 3.19. The van der Waals surface area contributed by atoms with Gasteiger partial charge in [0.25, 0.3) is 0 Å².